The molecule has 2 aromatic heterocycles. The van der Waals surface area contributed by atoms with Gasteiger partial charge in [-0.3, -0.25) is 4.79 Å². The van der Waals surface area contributed by atoms with Gasteiger partial charge in [0, 0.05) is 16.4 Å². The minimum absolute atomic E-state index is 0.298. The van der Waals surface area contributed by atoms with Crippen LogP contribution in [0.2, 0.25) is 5.02 Å². The zero-order valence-electron chi connectivity index (χ0n) is 16.6. The van der Waals surface area contributed by atoms with Crippen LogP contribution in [0.1, 0.15) is 46.0 Å². The molecule has 0 fully saturated rings. The maximum atomic E-state index is 12.5. The molecule has 1 amide bonds. The van der Waals surface area contributed by atoms with Crippen LogP contribution in [0, 0.1) is 13.8 Å². The minimum Gasteiger partial charge on any atom is -0.467 e. The number of nitrogens with zero attached hydrogens (tertiary/aromatic N) is 1. The number of nitrogens with one attached hydrogen (secondary N) is 1. The fraction of sp³-hybridized carbons (Fsp3) is 0.273. The molecule has 29 heavy (non-hydrogen) atoms. The van der Waals surface area contributed by atoms with Gasteiger partial charge in [-0.15, -0.1) is 0 Å². The van der Waals surface area contributed by atoms with Gasteiger partial charge in [-0.25, -0.2) is 4.79 Å². The average molecular weight is 415 g/mol. The summed E-state index contributed by atoms with van der Waals surface area (Å²) in [4.78, 5) is 24.7. The molecule has 6 nitrogen and oxygen atoms in total. The van der Waals surface area contributed by atoms with E-state index < -0.39 is 11.9 Å². The molecule has 7 heteroatoms. The second kappa shape index (κ2) is 9.01. The van der Waals surface area contributed by atoms with Gasteiger partial charge in [0.2, 0.25) is 0 Å². The molecule has 0 saturated heterocycles. The zero-order chi connectivity index (χ0) is 21.0. The number of benzene rings is 1. The van der Waals surface area contributed by atoms with Crippen molar-refractivity contribution in [3.63, 3.8) is 0 Å². The minimum atomic E-state index is -0.538. The Hall–Kier alpha value is -2.99. The smallest absolute Gasteiger partial charge is 0.340 e. The molecule has 1 aromatic carbocycles. The summed E-state index contributed by atoms with van der Waals surface area (Å²) in [6.07, 6.45) is 1.61. The van der Waals surface area contributed by atoms with Crippen LogP contribution >= 0.6 is 11.6 Å². The van der Waals surface area contributed by atoms with E-state index in [0.29, 0.717) is 17.1 Å². The maximum Gasteiger partial charge on any atom is 0.340 e. The summed E-state index contributed by atoms with van der Waals surface area (Å²) in [7, 11) is 0. The predicted octanol–water partition coefficient (Wildman–Crippen LogP) is 4.43. The number of furan rings is 1. The van der Waals surface area contributed by atoms with Gasteiger partial charge in [0.1, 0.15) is 5.76 Å². The first kappa shape index (κ1) is 20.7. The van der Waals surface area contributed by atoms with Gasteiger partial charge in [0.05, 0.1) is 24.4 Å². The lowest BCUT2D eigenvalue weighted by atomic mass is 10.1. The first-order valence-electron chi connectivity index (χ1n) is 9.27. The van der Waals surface area contributed by atoms with Gasteiger partial charge in [-0.1, -0.05) is 29.8 Å². The number of aryl methyl sites for hydroxylation is 1. The molecule has 0 radical (unpaired) electrons. The summed E-state index contributed by atoms with van der Waals surface area (Å²) in [6, 6.07) is 12.4. The standard InChI is InChI=1S/C22H23ClN2O4/c1-14-11-19(16(3)25(14)12-17-7-6-10-28-17)22(27)29-13-21(26)24-15(2)18-8-4-5-9-20(18)23/h4-11,15H,12-13H2,1-3H3,(H,24,26)/t15-/m1/s1. The Kier molecular flexibility index (Phi) is 6.44. The number of amides is 1. The molecule has 0 saturated carbocycles. The van der Waals surface area contributed by atoms with Gasteiger partial charge in [0.25, 0.3) is 5.91 Å². The lowest BCUT2D eigenvalue weighted by molar-refractivity contribution is -0.124. The Morgan fingerprint density at radius 3 is 2.66 bits per heavy atom. The highest BCUT2D eigenvalue weighted by molar-refractivity contribution is 6.31. The number of hydrogen-bond donors (Lipinski definition) is 1. The van der Waals surface area contributed by atoms with Gasteiger partial charge in [0.15, 0.2) is 6.61 Å². The number of rotatable bonds is 7. The second-order valence-corrected chi connectivity index (χ2v) is 7.24. The molecule has 0 aliphatic carbocycles. The first-order chi connectivity index (χ1) is 13.9. The first-order valence-corrected chi connectivity index (χ1v) is 9.64. The van der Waals surface area contributed by atoms with Crippen molar-refractivity contribution in [2.24, 2.45) is 0 Å². The van der Waals surface area contributed by atoms with E-state index in [4.69, 9.17) is 20.8 Å². The maximum absolute atomic E-state index is 12.5. The predicted molar refractivity (Wildman–Crippen MR) is 110 cm³/mol. The van der Waals surface area contributed by atoms with Crippen LogP contribution in [0.3, 0.4) is 0 Å². The summed E-state index contributed by atoms with van der Waals surface area (Å²) in [5.74, 6) is -0.140. The molecule has 0 spiro atoms. The van der Waals surface area contributed by atoms with E-state index >= 15 is 0 Å². The Bertz CT molecular complexity index is 1010. The van der Waals surface area contributed by atoms with Crippen molar-refractivity contribution in [2.75, 3.05) is 6.61 Å². The fourth-order valence-electron chi connectivity index (χ4n) is 3.21. The third-order valence-corrected chi connectivity index (χ3v) is 5.12. The second-order valence-electron chi connectivity index (χ2n) is 6.84. The highest BCUT2D eigenvalue weighted by Gasteiger charge is 2.19. The summed E-state index contributed by atoms with van der Waals surface area (Å²) < 4.78 is 12.6. The van der Waals surface area contributed by atoms with E-state index in [2.05, 4.69) is 5.32 Å². The number of hydrogen-bond acceptors (Lipinski definition) is 4. The van der Waals surface area contributed by atoms with Crippen molar-refractivity contribution < 1.29 is 18.7 Å². The summed E-state index contributed by atoms with van der Waals surface area (Å²) in [6.45, 7) is 5.73. The van der Waals surface area contributed by atoms with Crippen molar-refractivity contribution in [2.45, 2.75) is 33.4 Å². The zero-order valence-corrected chi connectivity index (χ0v) is 17.3. The van der Waals surface area contributed by atoms with Crippen LogP contribution in [0.5, 0.6) is 0 Å². The van der Waals surface area contributed by atoms with Crippen LogP contribution in [0.15, 0.2) is 53.1 Å². The summed E-state index contributed by atoms with van der Waals surface area (Å²) in [5.41, 5.74) is 2.90. The van der Waals surface area contributed by atoms with Crippen LogP contribution in [0.4, 0.5) is 0 Å². The third-order valence-electron chi connectivity index (χ3n) is 4.77. The normalized spacial score (nSPS) is 11.9. The van der Waals surface area contributed by atoms with Crippen molar-refractivity contribution >= 4 is 23.5 Å². The number of aromatic nitrogens is 1. The Labute approximate surface area is 174 Å². The molecule has 3 aromatic rings. The molecule has 1 N–H and O–H groups in total. The molecule has 0 aliphatic heterocycles. The van der Waals surface area contributed by atoms with Crippen LogP contribution in [0.25, 0.3) is 0 Å². The van der Waals surface area contributed by atoms with Crippen LogP contribution in [-0.4, -0.2) is 23.1 Å². The van der Waals surface area contributed by atoms with E-state index in [1.165, 1.54) is 0 Å². The number of ether oxygens (including phenoxy) is 1. The summed E-state index contributed by atoms with van der Waals surface area (Å²) in [5, 5.41) is 3.36. The van der Waals surface area contributed by atoms with Crippen molar-refractivity contribution in [1.82, 2.24) is 9.88 Å². The quantitative estimate of drug-likeness (QED) is 0.580. The average Bonchev–Trinajstić information content (AvgIpc) is 3.30. The van der Waals surface area contributed by atoms with Crippen LogP contribution < -0.4 is 5.32 Å². The fourth-order valence-corrected chi connectivity index (χ4v) is 3.50. The van der Waals surface area contributed by atoms with E-state index in [9.17, 15) is 9.59 Å². The lowest BCUT2D eigenvalue weighted by Crippen LogP contribution is -2.31. The number of esters is 1. The molecular formula is C22H23ClN2O4. The molecular weight excluding hydrogens is 392 g/mol. The van der Waals surface area contributed by atoms with Crippen molar-refractivity contribution in [3.8, 4) is 0 Å². The van der Waals surface area contributed by atoms with E-state index in [1.54, 1.807) is 18.4 Å². The van der Waals surface area contributed by atoms with Crippen molar-refractivity contribution in [1.29, 1.82) is 0 Å². The highest BCUT2D eigenvalue weighted by Crippen LogP contribution is 2.22. The topological polar surface area (TPSA) is 73.5 Å². The number of halogens is 1. The van der Waals surface area contributed by atoms with Gasteiger partial charge in [-0.05, 0) is 50.6 Å². The Morgan fingerprint density at radius 1 is 1.21 bits per heavy atom. The molecule has 3 rings (SSSR count). The lowest BCUT2D eigenvalue weighted by Gasteiger charge is -2.15. The number of carbonyl (C=O) groups is 2. The van der Waals surface area contributed by atoms with Crippen LogP contribution in [-0.2, 0) is 16.1 Å². The molecule has 1 atom stereocenters. The van der Waals surface area contributed by atoms with Gasteiger partial charge >= 0.3 is 5.97 Å². The summed E-state index contributed by atoms with van der Waals surface area (Å²) >= 11 is 6.15. The van der Waals surface area contributed by atoms with Gasteiger partial charge in [-0.2, -0.15) is 0 Å². The third kappa shape index (κ3) is 4.90. The Morgan fingerprint density at radius 2 is 1.97 bits per heavy atom. The SMILES string of the molecule is Cc1cc(C(=O)OCC(=O)N[C@H](C)c2ccccc2Cl)c(C)n1Cc1ccco1. The molecule has 0 unspecified atom stereocenters. The highest BCUT2D eigenvalue weighted by atomic mass is 35.5. The molecule has 2 heterocycles. The largest absolute Gasteiger partial charge is 0.467 e. The molecule has 0 bridgehead atoms. The molecule has 152 valence electrons. The molecule has 0 aliphatic rings. The van der Waals surface area contributed by atoms with E-state index in [1.807, 2.05) is 55.7 Å². The van der Waals surface area contributed by atoms with E-state index in [0.717, 1.165) is 22.7 Å². The Balaban J connectivity index is 1.59. The monoisotopic (exact) mass is 414 g/mol. The van der Waals surface area contributed by atoms with Crippen molar-refractivity contribution in [3.05, 3.63) is 82.0 Å². The van der Waals surface area contributed by atoms with Gasteiger partial charge < -0.3 is 19.0 Å². The van der Waals surface area contributed by atoms with E-state index in [-0.39, 0.29) is 12.6 Å². The number of carbonyl (C=O) groups excluding carboxylic acids is 2.